The van der Waals surface area contributed by atoms with Gasteiger partial charge in [-0.2, -0.15) is 0 Å². The molecule has 0 spiro atoms. The molecule has 3 aliphatic rings. The standard InChI is InChI=1S/C27H27N5O6S/c1-27(2)20(26(37)38-13-16-21(33)30-18(23(35)29-16)15-11-7-4-8-12-15)32-24(36)19(25(32)39-27)31-22(34)17(28)14-9-5-3-6-10-14/h3-13,17-20,25H,28H2,1-2H3,(H,29,35)(H,30,33)(H,31,34)/b16-13-/t17-,18?,19-,20+,25-/m1/s1. The Bertz CT molecular complexity index is 1370. The summed E-state index contributed by atoms with van der Waals surface area (Å²) in [5, 5.41) is 7.27. The van der Waals surface area contributed by atoms with Gasteiger partial charge in [0, 0.05) is 4.75 Å². The summed E-state index contributed by atoms with van der Waals surface area (Å²) in [7, 11) is 0. The van der Waals surface area contributed by atoms with Gasteiger partial charge in [0.1, 0.15) is 41.5 Å². The van der Waals surface area contributed by atoms with Crippen molar-refractivity contribution in [1.82, 2.24) is 20.9 Å². The lowest BCUT2D eigenvalue weighted by atomic mass is 9.95. The summed E-state index contributed by atoms with van der Waals surface area (Å²) in [4.78, 5) is 65.3. The van der Waals surface area contributed by atoms with Crippen LogP contribution < -0.4 is 21.7 Å². The molecule has 5 N–H and O–H groups in total. The van der Waals surface area contributed by atoms with Crippen LogP contribution in [0.25, 0.3) is 0 Å². The zero-order valence-corrected chi connectivity index (χ0v) is 21.9. The smallest absolute Gasteiger partial charge is 0.335 e. The molecule has 0 bridgehead atoms. The second-order valence-electron chi connectivity index (χ2n) is 9.91. The van der Waals surface area contributed by atoms with Crippen LogP contribution in [0.2, 0.25) is 0 Å². The first-order valence-electron chi connectivity index (χ1n) is 12.3. The van der Waals surface area contributed by atoms with Crippen molar-refractivity contribution in [1.29, 1.82) is 0 Å². The van der Waals surface area contributed by atoms with E-state index in [1.807, 2.05) is 6.07 Å². The van der Waals surface area contributed by atoms with Gasteiger partial charge in [-0.05, 0) is 25.0 Å². The third kappa shape index (κ3) is 4.88. The highest BCUT2D eigenvalue weighted by Crippen LogP contribution is 2.51. The van der Waals surface area contributed by atoms with Crippen LogP contribution in [-0.2, 0) is 28.7 Å². The van der Waals surface area contributed by atoms with E-state index in [4.69, 9.17) is 10.5 Å². The highest BCUT2D eigenvalue weighted by Gasteiger charge is 2.64. The van der Waals surface area contributed by atoms with Crippen LogP contribution in [0, 0.1) is 0 Å². The van der Waals surface area contributed by atoms with Crippen molar-refractivity contribution >= 4 is 41.4 Å². The Morgan fingerprint density at radius 1 is 1.08 bits per heavy atom. The Hall–Kier alpha value is -4.16. The molecule has 2 aromatic carbocycles. The van der Waals surface area contributed by atoms with E-state index in [9.17, 15) is 24.0 Å². The number of hydrogen-bond acceptors (Lipinski definition) is 8. The Balaban J connectivity index is 1.23. The molecular formula is C27H27N5O6S. The molecular weight excluding hydrogens is 522 g/mol. The quantitative estimate of drug-likeness (QED) is 0.176. The lowest BCUT2D eigenvalue weighted by molar-refractivity contribution is -0.161. The summed E-state index contributed by atoms with van der Waals surface area (Å²) in [6, 6.07) is 13.9. The third-order valence-electron chi connectivity index (χ3n) is 6.87. The summed E-state index contributed by atoms with van der Waals surface area (Å²) in [6.45, 7) is 3.58. The zero-order valence-electron chi connectivity index (χ0n) is 21.1. The largest absolute Gasteiger partial charge is 0.430 e. The summed E-state index contributed by atoms with van der Waals surface area (Å²) in [5.41, 5.74) is 7.06. The molecule has 3 saturated heterocycles. The molecule has 5 atom stereocenters. The van der Waals surface area contributed by atoms with Gasteiger partial charge in [0.2, 0.25) is 11.8 Å². The van der Waals surface area contributed by atoms with E-state index in [2.05, 4.69) is 16.0 Å². The van der Waals surface area contributed by atoms with E-state index in [0.29, 0.717) is 11.1 Å². The van der Waals surface area contributed by atoms with Crippen molar-refractivity contribution in [2.45, 2.75) is 48.1 Å². The Morgan fingerprint density at radius 3 is 2.38 bits per heavy atom. The third-order valence-corrected chi connectivity index (χ3v) is 8.44. The minimum Gasteiger partial charge on any atom is -0.430 e. The predicted molar refractivity (Wildman–Crippen MR) is 141 cm³/mol. The van der Waals surface area contributed by atoms with Gasteiger partial charge < -0.3 is 31.3 Å². The topological polar surface area (TPSA) is 160 Å². The van der Waals surface area contributed by atoms with Gasteiger partial charge in [0.25, 0.3) is 11.8 Å². The van der Waals surface area contributed by atoms with Crippen LogP contribution in [-0.4, -0.2) is 56.7 Å². The second kappa shape index (κ2) is 10.2. The second-order valence-corrected chi connectivity index (χ2v) is 11.7. The number of rotatable bonds is 6. The molecule has 39 heavy (non-hydrogen) atoms. The highest BCUT2D eigenvalue weighted by molar-refractivity contribution is 8.01. The van der Waals surface area contributed by atoms with Gasteiger partial charge in [-0.15, -0.1) is 11.8 Å². The fraction of sp³-hybridized carbons (Fsp3) is 0.296. The van der Waals surface area contributed by atoms with E-state index in [-0.39, 0.29) is 5.70 Å². The average Bonchev–Trinajstić information content (AvgIpc) is 3.19. The Labute approximate surface area is 228 Å². The summed E-state index contributed by atoms with van der Waals surface area (Å²) < 4.78 is 4.53. The number of piperazine rings is 1. The average molecular weight is 550 g/mol. The number of thioether (sulfide) groups is 1. The molecule has 2 aromatic rings. The molecule has 202 valence electrons. The number of benzene rings is 2. The molecule has 0 aliphatic carbocycles. The molecule has 3 fully saturated rings. The fourth-order valence-corrected chi connectivity index (χ4v) is 6.48. The van der Waals surface area contributed by atoms with Crippen molar-refractivity contribution in [2.75, 3.05) is 0 Å². The van der Waals surface area contributed by atoms with Crippen LogP contribution in [0.5, 0.6) is 0 Å². The SMILES string of the molecule is CC1(C)S[C@@H]2[C@H](NC(=O)[C@H](N)c3ccccc3)C(=O)N2[C@H]1C(=O)O/C=C1\NC(=O)C(c2ccccc2)NC1=O. The number of carbonyl (C=O) groups is 5. The van der Waals surface area contributed by atoms with Crippen LogP contribution >= 0.6 is 11.8 Å². The first kappa shape index (κ1) is 26.4. The number of nitrogens with zero attached hydrogens (tertiary/aromatic N) is 1. The minimum absolute atomic E-state index is 0.226. The van der Waals surface area contributed by atoms with Crippen LogP contribution in [0.3, 0.4) is 0 Å². The zero-order chi connectivity index (χ0) is 27.9. The fourth-order valence-electron chi connectivity index (χ4n) is 4.86. The van der Waals surface area contributed by atoms with Crippen LogP contribution in [0.1, 0.15) is 37.1 Å². The molecule has 0 saturated carbocycles. The minimum atomic E-state index is -0.979. The Kier molecular flexibility index (Phi) is 6.91. The normalized spacial score (nSPS) is 27.1. The number of nitrogens with one attached hydrogen (secondary N) is 3. The van der Waals surface area contributed by atoms with Crippen molar-refractivity contribution in [3.8, 4) is 0 Å². The van der Waals surface area contributed by atoms with Gasteiger partial charge in [-0.3, -0.25) is 19.2 Å². The molecule has 3 heterocycles. The van der Waals surface area contributed by atoms with Gasteiger partial charge in [0.05, 0.1) is 0 Å². The number of fused-ring (bicyclic) bond motifs is 1. The molecule has 3 aliphatic heterocycles. The molecule has 0 aromatic heterocycles. The summed E-state index contributed by atoms with van der Waals surface area (Å²) in [5.74, 6) is -2.80. The van der Waals surface area contributed by atoms with Crippen molar-refractivity contribution in [3.05, 3.63) is 83.7 Å². The molecule has 4 amide bonds. The predicted octanol–water partition coefficient (Wildman–Crippen LogP) is 0.605. The Morgan fingerprint density at radius 2 is 1.72 bits per heavy atom. The molecule has 0 radical (unpaired) electrons. The highest BCUT2D eigenvalue weighted by atomic mass is 32.2. The molecule has 1 unspecified atom stereocenters. The number of amides is 4. The van der Waals surface area contributed by atoms with Crippen molar-refractivity contribution < 1.29 is 28.7 Å². The molecule has 11 nitrogen and oxygen atoms in total. The van der Waals surface area contributed by atoms with Gasteiger partial charge >= 0.3 is 5.97 Å². The maximum atomic E-state index is 13.1. The monoisotopic (exact) mass is 549 g/mol. The van der Waals surface area contributed by atoms with E-state index in [1.165, 1.54) is 16.7 Å². The van der Waals surface area contributed by atoms with Crippen molar-refractivity contribution in [3.63, 3.8) is 0 Å². The van der Waals surface area contributed by atoms with Gasteiger partial charge in [-0.1, -0.05) is 60.7 Å². The lowest BCUT2D eigenvalue weighted by Gasteiger charge is -2.44. The first-order valence-corrected chi connectivity index (χ1v) is 13.1. The number of ether oxygens (including phenoxy) is 1. The van der Waals surface area contributed by atoms with E-state index < -0.39 is 63.9 Å². The summed E-state index contributed by atoms with van der Waals surface area (Å²) in [6.07, 6.45) is 0.882. The number of esters is 1. The van der Waals surface area contributed by atoms with E-state index >= 15 is 0 Å². The maximum Gasteiger partial charge on any atom is 0.335 e. The van der Waals surface area contributed by atoms with Crippen LogP contribution in [0.15, 0.2) is 72.6 Å². The van der Waals surface area contributed by atoms with Gasteiger partial charge in [0.15, 0.2) is 0 Å². The lowest BCUT2D eigenvalue weighted by Crippen LogP contribution is -2.71. The number of hydrogen-bond donors (Lipinski definition) is 4. The van der Waals surface area contributed by atoms with E-state index in [0.717, 1.165) is 6.26 Å². The summed E-state index contributed by atoms with van der Waals surface area (Å²) >= 11 is 1.35. The molecule has 5 rings (SSSR count). The molecule has 12 heteroatoms. The maximum absolute atomic E-state index is 13.1. The number of β-lactam (4-membered cyclic amide) rings is 1. The van der Waals surface area contributed by atoms with Gasteiger partial charge in [-0.25, -0.2) is 4.79 Å². The first-order chi connectivity index (χ1) is 18.6. The number of carbonyl (C=O) groups excluding carboxylic acids is 5. The van der Waals surface area contributed by atoms with E-state index in [1.54, 1.807) is 68.4 Å². The number of nitrogens with two attached hydrogens (primary N) is 1. The van der Waals surface area contributed by atoms with Crippen molar-refractivity contribution in [2.24, 2.45) is 5.73 Å². The van der Waals surface area contributed by atoms with Crippen LogP contribution in [0.4, 0.5) is 0 Å².